The Morgan fingerprint density at radius 1 is 1.47 bits per heavy atom. The van der Waals surface area contributed by atoms with Crippen molar-refractivity contribution in [2.75, 3.05) is 6.61 Å². The predicted octanol–water partition coefficient (Wildman–Crippen LogP) is 1.67. The molecule has 0 aromatic heterocycles. The highest BCUT2D eigenvalue weighted by atomic mass is 31.2. The van der Waals surface area contributed by atoms with Crippen molar-refractivity contribution < 1.29 is 24.0 Å². The van der Waals surface area contributed by atoms with E-state index in [4.69, 9.17) is 9.79 Å². The van der Waals surface area contributed by atoms with Crippen LogP contribution in [0.2, 0.25) is 0 Å². The van der Waals surface area contributed by atoms with E-state index in [0.717, 1.165) is 12.8 Å². The van der Waals surface area contributed by atoms with Gasteiger partial charge in [0.1, 0.15) is 0 Å². The van der Waals surface area contributed by atoms with Gasteiger partial charge in [-0.3, -0.25) is 4.52 Å². The van der Waals surface area contributed by atoms with E-state index in [1.54, 1.807) is 6.92 Å². The first-order valence-corrected chi connectivity index (χ1v) is 6.64. The van der Waals surface area contributed by atoms with E-state index < -0.39 is 13.4 Å². The van der Waals surface area contributed by atoms with Crippen LogP contribution in [0.15, 0.2) is 0 Å². The standard InChI is InChI=1S/C9H21O5P/c1-4-5-8(2)9(3,10)6-7-14-15(11,12)13/h8,10H,4-7H2,1-3H3,(H2,11,12,13). The first-order chi connectivity index (χ1) is 6.69. The Kier molecular flexibility index (Phi) is 5.99. The molecule has 2 unspecified atom stereocenters. The van der Waals surface area contributed by atoms with Gasteiger partial charge in [0.05, 0.1) is 12.2 Å². The minimum atomic E-state index is -4.41. The van der Waals surface area contributed by atoms with Crippen molar-refractivity contribution in [3.05, 3.63) is 0 Å². The molecule has 0 aromatic rings. The van der Waals surface area contributed by atoms with Crippen molar-refractivity contribution in [1.29, 1.82) is 0 Å². The Balaban J connectivity index is 3.98. The molecule has 0 aliphatic heterocycles. The molecule has 0 aliphatic rings. The summed E-state index contributed by atoms with van der Waals surface area (Å²) < 4.78 is 14.7. The van der Waals surface area contributed by atoms with Crippen molar-refractivity contribution >= 4 is 7.82 Å². The van der Waals surface area contributed by atoms with Gasteiger partial charge in [0, 0.05) is 6.42 Å². The first-order valence-electron chi connectivity index (χ1n) is 5.11. The van der Waals surface area contributed by atoms with Crippen LogP contribution in [-0.2, 0) is 9.09 Å². The van der Waals surface area contributed by atoms with E-state index in [1.165, 1.54) is 0 Å². The van der Waals surface area contributed by atoms with E-state index in [2.05, 4.69) is 4.52 Å². The van der Waals surface area contributed by atoms with Gasteiger partial charge < -0.3 is 14.9 Å². The maximum absolute atomic E-state index is 10.4. The molecule has 0 spiro atoms. The monoisotopic (exact) mass is 240 g/mol. The molecule has 15 heavy (non-hydrogen) atoms. The van der Waals surface area contributed by atoms with Crippen LogP contribution in [0.5, 0.6) is 0 Å². The van der Waals surface area contributed by atoms with Crippen LogP contribution in [0.3, 0.4) is 0 Å². The second-order valence-corrected chi connectivity index (χ2v) is 5.36. The fraction of sp³-hybridized carbons (Fsp3) is 1.00. The molecule has 0 radical (unpaired) electrons. The summed E-state index contributed by atoms with van der Waals surface area (Å²) in [5.74, 6) is 0.0860. The lowest BCUT2D eigenvalue weighted by Crippen LogP contribution is -2.34. The van der Waals surface area contributed by atoms with Crippen molar-refractivity contribution in [1.82, 2.24) is 0 Å². The zero-order chi connectivity index (χ0) is 12.1. The second-order valence-electron chi connectivity index (χ2n) is 4.12. The molecule has 0 saturated carbocycles. The van der Waals surface area contributed by atoms with E-state index in [0.29, 0.717) is 0 Å². The minimum absolute atomic E-state index is 0.0860. The van der Waals surface area contributed by atoms with Gasteiger partial charge in [-0.25, -0.2) is 4.57 Å². The third-order valence-electron chi connectivity index (χ3n) is 2.65. The van der Waals surface area contributed by atoms with Gasteiger partial charge >= 0.3 is 7.82 Å². The fourth-order valence-electron chi connectivity index (χ4n) is 1.36. The molecule has 0 heterocycles. The summed E-state index contributed by atoms with van der Waals surface area (Å²) >= 11 is 0. The lowest BCUT2D eigenvalue weighted by Gasteiger charge is -2.30. The zero-order valence-electron chi connectivity index (χ0n) is 9.51. The van der Waals surface area contributed by atoms with Gasteiger partial charge in [0.15, 0.2) is 0 Å². The van der Waals surface area contributed by atoms with E-state index in [9.17, 15) is 9.67 Å². The predicted molar refractivity (Wildman–Crippen MR) is 57.3 cm³/mol. The molecule has 0 rings (SSSR count). The third-order valence-corrected chi connectivity index (χ3v) is 3.17. The Bertz CT molecular complexity index is 223. The molecular formula is C9H21O5P. The number of phosphoric acid groups is 1. The molecule has 5 nitrogen and oxygen atoms in total. The smallest absolute Gasteiger partial charge is 0.390 e. The molecule has 0 saturated heterocycles. The van der Waals surface area contributed by atoms with Crippen LogP contribution in [-0.4, -0.2) is 27.1 Å². The van der Waals surface area contributed by atoms with Gasteiger partial charge in [0.2, 0.25) is 0 Å². The highest BCUT2D eigenvalue weighted by Gasteiger charge is 2.28. The number of phosphoric ester groups is 1. The molecule has 0 bridgehead atoms. The van der Waals surface area contributed by atoms with Gasteiger partial charge in [-0.05, 0) is 19.3 Å². The molecule has 92 valence electrons. The summed E-state index contributed by atoms with van der Waals surface area (Å²) in [6.07, 6.45) is 2.07. The normalized spacial score (nSPS) is 18.5. The Morgan fingerprint density at radius 2 is 2.00 bits per heavy atom. The third kappa shape index (κ3) is 7.03. The quantitative estimate of drug-likeness (QED) is 0.589. The van der Waals surface area contributed by atoms with Crippen LogP contribution in [0.1, 0.15) is 40.0 Å². The lowest BCUT2D eigenvalue weighted by atomic mass is 9.85. The maximum atomic E-state index is 10.4. The highest BCUT2D eigenvalue weighted by molar-refractivity contribution is 7.46. The summed E-state index contributed by atoms with van der Waals surface area (Å²) in [7, 11) is -4.41. The van der Waals surface area contributed by atoms with E-state index >= 15 is 0 Å². The SMILES string of the molecule is CCCC(C)C(C)(O)CCOP(=O)(O)O. The number of rotatable bonds is 7. The van der Waals surface area contributed by atoms with Crippen molar-refractivity contribution in [3.8, 4) is 0 Å². The van der Waals surface area contributed by atoms with E-state index in [-0.39, 0.29) is 18.9 Å². The van der Waals surface area contributed by atoms with E-state index in [1.807, 2.05) is 13.8 Å². The van der Waals surface area contributed by atoms with Crippen molar-refractivity contribution in [2.45, 2.75) is 45.6 Å². The molecule has 2 atom stereocenters. The van der Waals surface area contributed by atoms with Crippen molar-refractivity contribution in [3.63, 3.8) is 0 Å². The highest BCUT2D eigenvalue weighted by Crippen LogP contribution is 2.37. The van der Waals surface area contributed by atoms with Crippen LogP contribution in [0.25, 0.3) is 0 Å². The van der Waals surface area contributed by atoms with Gasteiger partial charge in [0.25, 0.3) is 0 Å². The number of hydrogen-bond acceptors (Lipinski definition) is 3. The lowest BCUT2D eigenvalue weighted by molar-refractivity contribution is -0.0172. The van der Waals surface area contributed by atoms with Crippen LogP contribution >= 0.6 is 7.82 Å². The fourth-order valence-corrected chi connectivity index (χ4v) is 1.69. The topological polar surface area (TPSA) is 87.0 Å². The summed E-state index contributed by atoms with van der Waals surface area (Å²) in [4.78, 5) is 16.9. The summed E-state index contributed by atoms with van der Waals surface area (Å²) in [6, 6.07) is 0. The van der Waals surface area contributed by atoms with Crippen LogP contribution in [0.4, 0.5) is 0 Å². The van der Waals surface area contributed by atoms with Gasteiger partial charge in [-0.1, -0.05) is 20.3 Å². The van der Waals surface area contributed by atoms with Gasteiger partial charge in [-0.2, -0.15) is 0 Å². The maximum Gasteiger partial charge on any atom is 0.469 e. The Morgan fingerprint density at radius 3 is 2.40 bits per heavy atom. The molecule has 3 N–H and O–H groups in total. The Hall–Kier alpha value is 0.0700. The summed E-state index contributed by atoms with van der Waals surface area (Å²) in [6.45, 7) is 5.47. The second kappa shape index (κ2) is 5.97. The van der Waals surface area contributed by atoms with Crippen LogP contribution < -0.4 is 0 Å². The Labute approximate surface area is 90.7 Å². The average Bonchev–Trinajstić information content (AvgIpc) is 2.01. The zero-order valence-corrected chi connectivity index (χ0v) is 10.4. The number of hydrogen-bond donors (Lipinski definition) is 3. The van der Waals surface area contributed by atoms with Crippen LogP contribution in [0, 0.1) is 5.92 Å². The van der Waals surface area contributed by atoms with Crippen molar-refractivity contribution in [2.24, 2.45) is 5.92 Å². The summed E-state index contributed by atoms with van der Waals surface area (Å²) in [5, 5.41) is 9.98. The molecule has 0 fully saturated rings. The number of aliphatic hydroxyl groups is 1. The van der Waals surface area contributed by atoms with Gasteiger partial charge in [-0.15, -0.1) is 0 Å². The minimum Gasteiger partial charge on any atom is -0.390 e. The molecular weight excluding hydrogens is 219 g/mol. The molecule has 0 aromatic carbocycles. The first kappa shape index (κ1) is 15.1. The average molecular weight is 240 g/mol. The largest absolute Gasteiger partial charge is 0.469 e. The summed E-state index contributed by atoms with van der Waals surface area (Å²) in [5.41, 5.74) is -0.939. The molecule has 6 heteroatoms. The molecule has 0 aliphatic carbocycles. The molecule has 0 amide bonds.